The largest absolute Gasteiger partial charge is 0.324 e. The average Bonchev–Trinajstić information content (AvgIpc) is 2.33. The third-order valence-electron chi connectivity index (χ3n) is 5.12. The molecule has 0 aliphatic carbocycles. The standard InChI is InChI=1S/C16H21ClNO/c1-16(2)13-6-4-5-9-18(3,15(16)19)14-8-7-11(17)10-12(13)14/h7-8,10,13H,4-6,9H2,1-3H3/q+1. The molecule has 19 heavy (non-hydrogen) atoms. The minimum Gasteiger partial charge on any atom is -0.230 e. The Labute approximate surface area is 120 Å². The van der Waals surface area contributed by atoms with Gasteiger partial charge in [0.2, 0.25) is 0 Å². The number of rotatable bonds is 0. The van der Waals surface area contributed by atoms with E-state index in [0.29, 0.717) is 16.3 Å². The molecule has 102 valence electrons. The van der Waals surface area contributed by atoms with Crippen LogP contribution in [0.25, 0.3) is 0 Å². The van der Waals surface area contributed by atoms with E-state index in [2.05, 4.69) is 33.0 Å². The Morgan fingerprint density at radius 1 is 1.32 bits per heavy atom. The molecule has 1 aromatic rings. The maximum Gasteiger partial charge on any atom is 0.324 e. The summed E-state index contributed by atoms with van der Waals surface area (Å²) < 4.78 is 0.440. The van der Waals surface area contributed by atoms with Crippen LogP contribution in [0.15, 0.2) is 18.2 Å². The number of quaternary nitrogens is 1. The van der Waals surface area contributed by atoms with Gasteiger partial charge in [-0.1, -0.05) is 11.6 Å². The SMILES string of the molecule is CC1(C)C(=O)[N+]2(C)CCCCC1c1cc(Cl)ccc12. The number of fused-ring (bicyclic) bond motifs is 6. The lowest BCUT2D eigenvalue weighted by Crippen LogP contribution is -2.62. The Morgan fingerprint density at radius 2 is 2.05 bits per heavy atom. The molecule has 1 aromatic carbocycles. The molecule has 1 amide bonds. The predicted molar refractivity (Wildman–Crippen MR) is 79.4 cm³/mol. The van der Waals surface area contributed by atoms with Crippen LogP contribution in [0.4, 0.5) is 5.69 Å². The van der Waals surface area contributed by atoms with Crippen LogP contribution >= 0.6 is 11.6 Å². The van der Waals surface area contributed by atoms with E-state index in [0.717, 1.165) is 24.4 Å². The highest BCUT2D eigenvalue weighted by Crippen LogP contribution is 2.53. The number of halogens is 1. The fourth-order valence-electron chi connectivity index (χ4n) is 4.05. The first kappa shape index (κ1) is 13.1. The first-order chi connectivity index (χ1) is 8.87. The molecule has 3 rings (SSSR count). The second-order valence-electron chi connectivity index (χ2n) is 6.69. The quantitative estimate of drug-likeness (QED) is 0.653. The molecule has 1 saturated heterocycles. The highest BCUT2D eigenvalue weighted by molar-refractivity contribution is 6.30. The Kier molecular flexibility index (Phi) is 2.81. The minimum atomic E-state index is -0.299. The van der Waals surface area contributed by atoms with E-state index in [1.807, 2.05) is 6.07 Å². The molecule has 0 radical (unpaired) electrons. The summed E-state index contributed by atoms with van der Waals surface area (Å²) in [6, 6.07) is 6.06. The maximum atomic E-state index is 13.0. The number of hydrogen-bond donors (Lipinski definition) is 0. The zero-order valence-corrected chi connectivity index (χ0v) is 12.6. The molecule has 0 spiro atoms. The van der Waals surface area contributed by atoms with Crippen molar-refractivity contribution in [2.45, 2.75) is 39.0 Å². The second kappa shape index (κ2) is 4.07. The van der Waals surface area contributed by atoms with E-state index in [1.54, 1.807) is 0 Å². The van der Waals surface area contributed by atoms with Crippen molar-refractivity contribution < 1.29 is 4.79 Å². The predicted octanol–water partition coefficient (Wildman–Crippen LogP) is 4.11. The van der Waals surface area contributed by atoms with Crippen molar-refractivity contribution in [1.82, 2.24) is 4.48 Å². The summed E-state index contributed by atoms with van der Waals surface area (Å²) in [5.41, 5.74) is 2.16. The number of carbonyl (C=O) groups excluding carboxylic acids is 1. The van der Waals surface area contributed by atoms with E-state index in [1.165, 1.54) is 17.7 Å². The molecule has 2 aliphatic rings. The van der Waals surface area contributed by atoms with Gasteiger partial charge in [-0.25, -0.2) is 9.28 Å². The molecule has 1 fully saturated rings. The second-order valence-corrected chi connectivity index (χ2v) is 7.13. The van der Waals surface area contributed by atoms with Gasteiger partial charge in [-0.3, -0.25) is 0 Å². The van der Waals surface area contributed by atoms with Crippen LogP contribution in [0.2, 0.25) is 5.02 Å². The summed E-state index contributed by atoms with van der Waals surface area (Å²) >= 11 is 6.19. The number of hydrogen-bond acceptors (Lipinski definition) is 1. The van der Waals surface area contributed by atoms with E-state index in [4.69, 9.17) is 11.6 Å². The molecule has 0 aromatic heterocycles. The lowest BCUT2D eigenvalue weighted by Gasteiger charge is -2.48. The highest BCUT2D eigenvalue weighted by Gasteiger charge is 2.56. The topological polar surface area (TPSA) is 17.1 Å². The van der Waals surface area contributed by atoms with Crippen LogP contribution in [-0.2, 0) is 4.79 Å². The van der Waals surface area contributed by atoms with Gasteiger partial charge in [-0.05, 0) is 45.2 Å². The van der Waals surface area contributed by atoms with Gasteiger partial charge < -0.3 is 0 Å². The lowest BCUT2D eigenvalue weighted by molar-refractivity contribution is -0.142. The Morgan fingerprint density at radius 3 is 2.79 bits per heavy atom. The van der Waals surface area contributed by atoms with Crippen molar-refractivity contribution in [2.75, 3.05) is 13.6 Å². The van der Waals surface area contributed by atoms with Crippen LogP contribution in [0.1, 0.15) is 44.6 Å². The smallest absolute Gasteiger partial charge is 0.230 e. The lowest BCUT2D eigenvalue weighted by atomic mass is 9.66. The van der Waals surface area contributed by atoms with E-state index in [9.17, 15) is 4.79 Å². The Balaban J connectivity index is 2.31. The molecule has 2 bridgehead atoms. The van der Waals surface area contributed by atoms with Gasteiger partial charge >= 0.3 is 5.91 Å². The van der Waals surface area contributed by atoms with Gasteiger partial charge in [-0.2, -0.15) is 0 Å². The van der Waals surface area contributed by atoms with Gasteiger partial charge in [0, 0.05) is 22.6 Å². The fraction of sp³-hybridized carbons (Fsp3) is 0.562. The highest BCUT2D eigenvalue weighted by atomic mass is 35.5. The van der Waals surface area contributed by atoms with Gasteiger partial charge in [0.15, 0.2) is 0 Å². The summed E-state index contributed by atoms with van der Waals surface area (Å²) in [7, 11) is 2.07. The zero-order valence-electron chi connectivity index (χ0n) is 11.9. The summed E-state index contributed by atoms with van der Waals surface area (Å²) in [5.74, 6) is 0.659. The van der Waals surface area contributed by atoms with E-state index in [-0.39, 0.29) is 5.41 Å². The molecule has 2 atom stereocenters. The van der Waals surface area contributed by atoms with Crippen LogP contribution < -0.4 is 4.48 Å². The molecular weight excluding hydrogens is 258 g/mol. The molecule has 0 saturated carbocycles. The molecule has 2 aliphatic heterocycles. The minimum absolute atomic E-state index is 0.299. The summed E-state index contributed by atoms with van der Waals surface area (Å²) in [4.78, 5) is 13.0. The molecular formula is C16H21ClNO+. The van der Waals surface area contributed by atoms with Crippen molar-refractivity contribution >= 4 is 23.2 Å². The summed E-state index contributed by atoms with van der Waals surface area (Å²) in [6.07, 6.45) is 3.41. The number of nitrogens with zero attached hydrogens (tertiary/aromatic N) is 1. The molecule has 2 nitrogen and oxygen atoms in total. The van der Waals surface area contributed by atoms with Crippen molar-refractivity contribution in [3.05, 3.63) is 28.8 Å². The molecule has 0 N–H and O–H groups in total. The first-order valence-electron chi connectivity index (χ1n) is 7.08. The van der Waals surface area contributed by atoms with E-state index < -0.39 is 0 Å². The van der Waals surface area contributed by atoms with Crippen molar-refractivity contribution in [3.63, 3.8) is 0 Å². The first-order valence-corrected chi connectivity index (χ1v) is 7.46. The Hall–Kier alpha value is -0.860. The van der Waals surface area contributed by atoms with Gasteiger partial charge in [0.05, 0.1) is 19.0 Å². The molecule has 2 unspecified atom stereocenters. The fourth-order valence-corrected chi connectivity index (χ4v) is 4.23. The van der Waals surface area contributed by atoms with Crippen LogP contribution in [0, 0.1) is 5.41 Å². The van der Waals surface area contributed by atoms with Crippen molar-refractivity contribution in [1.29, 1.82) is 0 Å². The van der Waals surface area contributed by atoms with Crippen LogP contribution in [-0.4, -0.2) is 19.5 Å². The Bertz CT molecular complexity index is 552. The number of carbonyl (C=O) groups is 1. The van der Waals surface area contributed by atoms with Gasteiger partial charge in [0.1, 0.15) is 5.69 Å². The van der Waals surface area contributed by atoms with Crippen molar-refractivity contribution in [3.8, 4) is 0 Å². The maximum absolute atomic E-state index is 13.0. The van der Waals surface area contributed by atoms with Crippen LogP contribution in [0.5, 0.6) is 0 Å². The molecule has 3 heteroatoms. The monoisotopic (exact) mass is 278 g/mol. The summed E-state index contributed by atoms with van der Waals surface area (Å²) in [5, 5.41) is 0.779. The summed E-state index contributed by atoms with van der Waals surface area (Å²) in [6.45, 7) is 5.11. The third-order valence-corrected chi connectivity index (χ3v) is 5.35. The van der Waals surface area contributed by atoms with Crippen LogP contribution in [0.3, 0.4) is 0 Å². The van der Waals surface area contributed by atoms with Gasteiger partial charge in [0.25, 0.3) is 0 Å². The zero-order chi connectivity index (χ0) is 13.8. The van der Waals surface area contributed by atoms with Gasteiger partial charge in [-0.15, -0.1) is 0 Å². The number of benzene rings is 1. The number of amides is 1. The van der Waals surface area contributed by atoms with Crippen molar-refractivity contribution in [2.24, 2.45) is 5.41 Å². The normalized spacial score (nSPS) is 32.6. The molecule has 2 heterocycles. The van der Waals surface area contributed by atoms with E-state index >= 15 is 0 Å². The third kappa shape index (κ3) is 1.70. The average molecular weight is 279 g/mol.